The van der Waals surface area contributed by atoms with Gasteiger partial charge in [0.15, 0.2) is 21.5 Å². The van der Waals surface area contributed by atoms with Crippen molar-refractivity contribution in [2.24, 2.45) is 0 Å². The molecule has 134 valence electrons. The average molecular weight is 360 g/mol. The summed E-state index contributed by atoms with van der Waals surface area (Å²) in [7, 11) is -3.27. The molecule has 0 unspecified atom stereocenters. The van der Waals surface area contributed by atoms with Crippen LogP contribution in [0.25, 0.3) is 0 Å². The lowest BCUT2D eigenvalue weighted by atomic mass is 10.1. The van der Waals surface area contributed by atoms with Crippen molar-refractivity contribution in [3.8, 4) is 0 Å². The lowest BCUT2D eigenvalue weighted by molar-refractivity contribution is 0.197. The van der Waals surface area contributed by atoms with E-state index in [1.807, 2.05) is 0 Å². The largest absolute Gasteiger partial charge is 0.331 e. The molecule has 1 aliphatic rings. The van der Waals surface area contributed by atoms with Crippen molar-refractivity contribution >= 4 is 15.9 Å². The molecule has 8 heteroatoms. The number of rotatable bonds is 2. The Kier molecular flexibility index (Phi) is 5.17. The first-order valence-electron chi connectivity index (χ1n) is 7.76. The van der Waals surface area contributed by atoms with Crippen LogP contribution in [0.4, 0.5) is 13.6 Å². The Morgan fingerprint density at radius 1 is 1.25 bits per heavy atom. The predicted octanol–water partition coefficient (Wildman–Crippen LogP) is 2.63. The first-order valence-corrected chi connectivity index (χ1v) is 9.41. The third-order valence-electron chi connectivity index (χ3n) is 4.53. The summed E-state index contributed by atoms with van der Waals surface area (Å²) < 4.78 is 49.7. The molecule has 0 bridgehead atoms. The van der Waals surface area contributed by atoms with Crippen LogP contribution in [0.2, 0.25) is 0 Å². The lowest BCUT2D eigenvalue weighted by Gasteiger charge is -2.24. The van der Waals surface area contributed by atoms with E-state index in [2.05, 4.69) is 5.32 Å². The van der Waals surface area contributed by atoms with E-state index in [4.69, 9.17) is 0 Å². The summed E-state index contributed by atoms with van der Waals surface area (Å²) in [4.78, 5) is 13.8. The fraction of sp³-hybridized carbons (Fsp3) is 0.562. The standard InChI is InChI=1S/C16H22F2N2O3S/c1-11(12-4-5-13(17)14(18)10-12)19-15(21)20-7-6-16(2,3)24(22,23)9-8-20/h4-5,10-11H,6-9H2,1-3H3,(H,19,21)/t11-/m1/s1. The maximum absolute atomic E-state index is 13.3. The predicted molar refractivity (Wildman–Crippen MR) is 87.4 cm³/mol. The molecule has 1 aromatic rings. The maximum atomic E-state index is 13.3. The van der Waals surface area contributed by atoms with Gasteiger partial charge in [0.1, 0.15) is 0 Å². The van der Waals surface area contributed by atoms with Gasteiger partial charge in [-0.1, -0.05) is 6.07 Å². The summed E-state index contributed by atoms with van der Waals surface area (Å²) in [6.45, 7) is 5.41. The number of hydrogen-bond acceptors (Lipinski definition) is 3. The number of hydrogen-bond donors (Lipinski definition) is 1. The molecule has 1 aliphatic heterocycles. The number of urea groups is 1. The van der Waals surface area contributed by atoms with Crippen molar-refractivity contribution in [2.45, 2.75) is 38.0 Å². The van der Waals surface area contributed by atoms with E-state index in [0.29, 0.717) is 18.5 Å². The van der Waals surface area contributed by atoms with E-state index in [9.17, 15) is 22.0 Å². The molecule has 0 spiro atoms. The third-order valence-corrected chi connectivity index (χ3v) is 7.13. The molecule has 1 saturated heterocycles. The number of halogens is 2. The Labute approximate surface area is 141 Å². The van der Waals surface area contributed by atoms with E-state index in [0.717, 1.165) is 12.1 Å². The molecule has 0 radical (unpaired) electrons. The zero-order chi connectivity index (χ0) is 18.1. The molecule has 24 heavy (non-hydrogen) atoms. The van der Waals surface area contributed by atoms with E-state index in [1.165, 1.54) is 11.0 Å². The second-order valence-corrected chi connectivity index (χ2v) is 9.40. The number of sulfone groups is 1. The SMILES string of the molecule is C[C@@H](NC(=O)N1CCC(C)(C)S(=O)(=O)CC1)c1ccc(F)c(F)c1. The van der Waals surface area contributed by atoms with E-state index in [-0.39, 0.29) is 12.3 Å². The number of carbonyl (C=O) groups excluding carboxylic acids is 1. The van der Waals surface area contributed by atoms with Gasteiger partial charge < -0.3 is 10.2 Å². The monoisotopic (exact) mass is 360 g/mol. The van der Waals surface area contributed by atoms with Gasteiger partial charge in [0.25, 0.3) is 0 Å². The molecule has 0 saturated carbocycles. The van der Waals surface area contributed by atoms with Crippen LogP contribution in [0.5, 0.6) is 0 Å². The van der Waals surface area contributed by atoms with Gasteiger partial charge in [-0.2, -0.15) is 0 Å². The Morgan fingerprint density at radius 3 is 2.54 bits per heavy atom. The molecule has 1 N–H and O–H groups in total. The smallest absolute Gasteiger partial charge is 0.317 e. The van der Waals surface area contributed by atoms with E-state index in [1.54, 1.807) is 20.8 Å². The molecule has 0 aliphatic carbocycles. The highest BCUT2D eigenvalue weighted by Crippen LogP contribution is 2.25. The second-order valence-electron chi connectivity index (χ2n) is 6.66. The van der Waals surface area contributed by atoms with Gasteiger partial charge >= 0.3 is 6.03 Å². The van der Waals surface area contributed by atoms with Crippen molar-refractivity contribution in [3.63, 3.8) is 0 Å². The number of nitrogens with zero attached hydrogens (tertiary/aromatic N) is 1. The highest BCUT2D eigenvalue weighted by Gasteiger charge is 2.38. The third kappa shape index (κ3) is 3.85. The van der Waals surface area contributed by atoms with E-state index < -0.39 is 38.3 Å². The first-order chi connectivity index (χ1) is 11.0. The van der Waals surface area contributed by atoms with Gasteiger partial charge in [-0.3, -0.25) is 0 Å². The van der Waals surface area contributed by atoms with Gasteiger partial charge in [0, 0.05) is 13.1 Å². The summed E-state index contributed by atoms with van der Waals surface area (Å²) in [5.41, 5.74) is 0.435. The number of amides is 2. The summed E-state index contributed by atoms with van der Waals surface area (Å²) in [6.07, 6.45) is 0.350. The van der Waals surface area contributed by atoms with Gasteiger partial charge in [-0.25, -0.2) is 22.0 Å². The van der Waals surface area contributed by atoms with Crippen molar-refractivity contribution in [3.05, 3.63) is 35.4 Å². The second kappa shape index (κ2) is 6.66. The lowest BCUT2D eigenvalue weighted by Crippen LogP contribution is -2.42. The van der Waals surface area contributed by atoms with Crippen LogP contribution in [0.1, 0.15) is 38.8 Å². The minimum Gasteiger partial charge on any atom is -0.331 e. The molecule has 1 atom stereocenters. The van der Waals surface area contributed by atoms with Crippen LogP contribution in [-0.2, 0) is 9.84 Å². The van der Waals surface area contributed by atoms with Crippen LogP contribution >= 0.6 is 0 Å². The van der Waals surface area contributed by atoms with Crippen molar-refractivity contribution in [2.75, 3.05) is 18.8 Å². The van der Waals surface area contributed by atoms with Crippen LogP contribution < -0.4 is 5.32 Å². The fourth-order valence-electron chi connectivity index (χ4n) is 2.52. The van der Waals surface area contributed by atoms with Gasteiger partial charge in [0.2, 0.25) is 0 Å². The molecule has 1 fully saturated rings. The summed E-state index contributed by atoms with van der Waals surface area (Å²) in [5, 5.41) is 2.70. The van der Waals surface area contributed by atoms with Crippen molar-refractivity contribution in [1.29, 1.82) is 0 Å². The molecular formula is C16H22F2N2O3S. The number of benzene rings is 1. The highest BCUT2D eigenvalue weighted by atomic mass is 32.2. The van der Waals surface area contributed by atoms with E-state index >= 15 is 0 Å². The van der Waals surface area contributed by atoms with Crippen LogP contribution in [0.15, 0.2) is 18.2 Å². The molecule has 2 amide bonds. The number of nitrogens with one attached hydrogen (secondary N) is 1. The Morgan fingerprint density at radius 2 is 1.92 bits per heavy atom. The Bertz CT molecular complexity index is 735. The molecule has 0 aromatic heterocycles. The van der Waals surface area contributed by atoms with Crippen LogP contribution in [0.3, 0.4) is 0 Å². The Hall–Kier alpha value is -1.70. The topological polar surface area (TPSA) is 66.5 Å². The summed E-state index contributed by atoms with van der Waals surface area (Å²) in [6, 6.07) is 2.50. The quantitative estimate of drug-likeness (QED) is 0.882. The van der Waals surface area contributed by atoms with Gasteiger partial charge in [-0.05, 0) is 44.9 Å². The van der Waals surface area contributed by atoms with Gasteiger partial charge in [-0.15, -0.1) is 0 Å². The molecule has 1 heterocycles. The zero-order valence-electron chi connectivity index (χ0n) is 14.0. The Balaban J connectivity index is 2.05. The molecule has 1 aromatic carbocycles. The van der Waals surface area contributed by atoms with Crippen LogP contribution in [0, 0.1) is 11.6 Å². The molecular weight excluding hydrogens is 338 g/mol. The number of carbonyl (C=O) groups is 1. The average Bonchev–Trinajstić information content (AvgIpc) is 2.59. The van der Waals surface area contributed by atoms with Crippen molar-refractivity contribution in [1.82, 2.24) is 10.2 Å². The highest BCUT2D eigenvalue weighted by molar-refractivity contribution is 7.92. The normalized spacial score (nSPS) is 21.0. The molecule has 5 nitrogen and oxygen atoms in total. The summed E-state index contributed by atoms with van der Waals surface area (Å²) in [5.74, 6) is -2.01. The fourth-order valence-corrected chi connectivity index (χ4v) is 3.94. The van der Waals surface area contributed by atoms with Crippen LogP contribution in [-0.4, -0.2) is 42.9 Å². The molecule has 2 rings (SSSR count). The first kappa shape index (κ1) is 18.6. The zero-order valence-corrected chi connectivity index (χ0v) is 14.8. The van der Waals surface area contributed by atoms with Gasteiger partial charge in [0.05, 0.1) is 16.5 Å². The van der Waals surface area contributed by atoms with Crippen molar-refractivity contribution < 1.29 is 22.0 Å². The minimum absolute atomic E-state index is 0.0903. The summed E-state index contributed by atoms with van der Waals surface area (Å²) >= 11 is 0. The maximum Gasteiger partial charge on any atom is 0.317 e. The minimum atomic E-state index is -3.27.